The number of alkyl carbamates (subject to hydrolysis) is 5. The smallest absolute Gasteiger partial charge is 0.408 e. The molecule has 5 amide bonds. The van der Waals surface area contributed by atoms with Crippen LogP contribution in [0.1, 0.15) is 192 Å². The second-order valence-electron chi connectivity index (χ2n) is 31.5. The molecule has 6 N–H and O–H groups in total. The van der Waals surface area contributed by atoms with Gasteiger partial charge in [-0.2, -0.15) is 10.2 Å². The molecule has 34 nitrogen and oxygen atoms in total. The quantitative estimate of drug-likeness (QED) is 0.0461. The minimum atomic E-state index is -1.09. The normalized spacial score (nSPS) is 12.6. The summed E-state index contributed by atoms with van der Waals surface area (Å²) in [4.78, 5) is 155. The Labute approximate surface area is 712 Å². The lowest BCUT2D eigenvalue weighted by Gasteiger charge is -2.23. The van der Waals surface area contributed by atoms with E-state index < -0.39 is 100 Å². The maximum absolute atomic E-state index is 13.2. The summed E-state index contributed by atoms with van der Waals surface area (Å²) in [5, 5.41) is 31.9. The predicted molar refractivity (Wildman–Crippen MR) is 461 cm³/mol. The van der Waals surface area contributed by atoms with Crippen LogP contribution in [-0.4, -0.2) is 129 Å². The van der Waals surface area contributed by atoms with Gasteiger partial charge in [0.15, 0.2) is 22.6 Å². The van der Waals surface area contributed by atoms with Gasteiger partial charge in [0.25, 0.3) is 16.7 Å². The van der Waals surface area contributed by atoms with E-state index >= 15 is 0 Å². The third-order valence-corrected chi connectivity index (χ3v) is 16.9. The first-order valence-corrected chi connectivity index (χ1v) is 39.3. The molecule has 119 heavy (non-hydrogen) atoms. The number of hydrogen-bond donors (Lipinski definition) is 6. The van der Waals surface area contributed by atoms with Gasteiger partial charge in [-0.25, -0.2) is 63.7 Å². The van der Waals surface area contributed by atoms with Gasteiger partial charge in [0.05, 0.1) is 63.0 Å². The molecule has 36 heteroatoms. The van der Waals surface area contributed by atoms with Crippen molar-refractivity contribution in [2.24, 2.45) is 0 Å². The van der Waals surface area contributed by atoms with E-state index in [-0.39, 0.29) is 33.9 Å². The minimum Gasteiger partial charge on any atom is -0.480 e. The van der Waals surface area contributed by atoms with Crippen molar-refractivity contribution < 1.29 is 62.0 Å². The van der Waals surface area contributed by atoms with Crippen LogP contribution in [-0.2, 0) is 28.5 Å². The number of rotatable bonds is 13. The van der Waals surface area contributed by atoms with Gasteiger partial charge in [-0.15, -0.1) is 0 Å². The third-order valence-electron chi connectivity index (χ3n) is 15.4. The van der Waals surface area contributed by atoms with Gasteiger partial charge < -0.3 is 59.8 Å². The van der Waals surface area contributed by atoms with Gasteiger partial charge in [0.1, 0.15) is 62.9 Å². The highest BCUT2D eigenvalue weighted by molar-refractivity contribution is 14.1. The first-order chi connectivity index (χ1) is 55.5. The van der Waals surface area contributed by atoms with Crippen LogP contribution in [0, 0.1) is 18.5 Å². The number of halogens is 2. The Balaban J connectivity index is 0.000000210. The van der Waals surface area contributed by atoms with Gasteiger partial charge >= 0.3 is 42.1 Å². The molecule has 8 aromatic heterocycles. The van der Waals surface area contributed by atoms with Gasteiger partial charge in [0, 0.05) is 31.9 Å². The van der Waals surface area contributed by atoms with Crippen molar-refractivity contribution in [1.29, 1.82) is 5.26 Å². The Kier molecular flexibility index (Phi) is 31.6. The number of fused-ring (bicyclic) bond motifs is 4. The second kappa shape index (κ2) is 40.2. The highest BCUT2D eigenvalue weighted by Gasteiger charge is 2.29. The first kappa shape index (κ1) is 93.7. The maximum Gasteiger partial charge on any atom is 0.408 e. The maximum atomic E-state index is 13.2. The molecule has 11 aromatic rings. The Hall–Kier alpha value is -12.4. The second-order valence-corrected chi connectivity index (χ2v) is 34.0. The zero-order valence-electron chi connectivity index (χ0n) is 69.3. The summed E-state index contributed by atoms with van der Waals surface area (Å²) in [7, 11) is 0. The van der Waals surface area contributed by atoms with Crippen molar-refractivity contribution in [2.75, 3.05) is 0 Å². The summed E-state index contributed by atoms with van der Waals surface area (Å²) in [5.74, 6) is 0.0474. The van der Waals surface area contributed by atoms with Crippen molar-refractivity contribution in [3.05, 3.63) is 224 Å². The number of nitriles is 1. The fourth-order valence-electron chi connectivity index (χ4n) is 10.4. The molecule has 0 bridgehead atoms. The van der Waals surface area contributed by atoms with E-state index in [0.717, 1.165) is 7.14 Å². The number of carboxylic acid groups (broad SMARTS) is 1. The van der Waals surface area contributed by atoms with Crippen LogP contribution in [0.5, 0.6) is 0 Å². The number of amides is 5. The zero-order valence-corrected chi connectivity index (χ0v) is 73.7. The largest absolute Gasteiger partial charge is 0.480 e. The standard InChI is InChI=1S/C21H21N5O3.2C20H21IN4O3.C14H17N3O4.C8H15NO4/c1-13(24-20(28)29-21(2,3)4)18-25-17-16(6-5-11-23-17)19(27)26(18)15-9-7-14(12-22)8-10-15;2*1-12(23-19(27)28-20(2,3)4)17-24-16-15(6-5-11-22-16)18(26)25(17)14-9-7-13(21)8-10-14;1-8(16-13(19)21-14(2,3)4)11-17-10-9(12(18)20-11)6-5-7-15-10;1-5(6(10)11)9-7(12)13-8(2,3)4/h5-11,13H,1-4H3,(H,24,28);2*5-12H,1-4H3,(H,23,27);5-8H,1-4H3,(H,16,19);5H,1-4H3,(H,9,12)(H,10,11)/t13-;2*12-;8-;5-/m11111/s1. The number of ether oxygens (including phenoxy) is 5. The van der Waals surface area contributed by atoms with E-state index in [1.807, 2.05) is 54.6 Å². The van der Waals surface area contributed by atoms with E-state index in [1.165, 1.54) is 26.8 Å². The molecule has 5 atom stereocenters. The number of aliphatic carboxylic acids is 1. The summed E-state index contributed by atoms with van der Waals surface area (Å²) >= 11 is 4.41. The van der Waals surface area contributed by atoms with E-state index in [0.29, 0.717) is 72.9 Å². The number of carbonyl (C=O) groups excluding carboxylic acids is 5. The van der Waals surface area contributed by atoms with Crippen LogP contribution >= 0.6 is 45.2 Å². The molecule has 628 valence electrons. The lowest BCUT2D eigenvalue weighted by molar-refractivity contribution is -0.139. The Morgan fingerprint density at radius 2 is 0.655 bits per heavy atom. The Bertz CT molecular complexity index is 5610. The summed E-state index contributed by atoms with van der Waals surface area (Å²) in [6, 6.07) is 33.6. The van der Waals surface area contributed by atoms with Crippen LogP contribution in [0.2, 0.25) is 0 Å². The summed E-state index contributed by atoms with van der Waals surface area (Å²) < 4.78 is 37.6. The lowest BCUT2D eigenvalue weighted by atomic mass is 10.2. The molecule has 0 fully saturated rings. The molecule has 0 radical (unpaired) electrons. The molecular formula is C83H95I2N17O17. The SMILES string of the molecule is C[C@@H](NC(=O)OC(C)(C)C)C(=O)O.C[C@@H](NC(=O)OC(C)(C)C)c1nc2ncccc2c(=O)n1-c1ccc(C#N)cc1.C[C@@H](NC(=O)OC(C)(C)C)c1nc2ncccc2c(=O)n1-c1ccc(I)cc1.C[C@@H](NC(=O)OC(C)(C)C)c1nc2ncccc2c(=O)n1-c1ccc(I)cc1.C[C@@H](NC(=O)OC(C)(C)C)c1nc2ncccc2c(=O)o1. The topological polar surface area (TPSA) is 452 Å². The molecule has 0 unspecified atom stereocenters. The molecule has 3 aromatic carbocycles. The number of pyridine rings is 4. The van der Waals surface area contributed by atoms with Crippen molar-refractivity contribution in [3.63, 3.8) is 0 Å². The number of carbonyl (C=O) groups is 6. The number of nitrogens with zero attached hydrogens (tertiary/aromatic N) is 12. The molecule has 0 saturated heterocycles. The monoisotopic (exact) mass is 1860 g/mol. The molecule has 11 rings (SSSR count). The van der Waals surface area contributed by atoms with E-state index in [9.17, 15) is 47.9 Å². The Morgan fingerprint density at radius 1 is 0.395 bits per heavy atom. The zero-order chi connectivity index (χ0) is 88.4. The summed E-state index contributed by atoms with van der Waals surface area (Å²) in [5.41, 5.74) is -0.912. The van der Waals surface area contributed by atoms with Gasteiger partial charge in [0.2, 0.25) is 5.89 Å². The Morgan fingerprint density at radius 3 is 0.933 bits per heavy atom. The molecule has 0 aliphatic carbocycles. The van der Waals surface area contributed by atoms with Crippen molar-refractivity contribution in [2.45, 2.75) is 197 Å². The average Bonchev–Trinajstić information content (AvgIpc) is 0.777. The summed E-state index contributed by atoms with van der Waals surface area (Å²) in [6.07, 6.45) is 3.14. The minimum absolute atomic E-state index is 0.0806. The fraction of sp³-hybridized carbons (Fsp3) is 0.361. The number of carboxylic acids is 1. The molecule has 0 aliphatic rings. The van der Waals surface area contributed by atoms with E-state index in [2.05, 4.69) is 112 Å². The molecule has 0 spiro atoms. The highest BCUT2D eigenvalue weighted by atomic mass is 127. The first-order valence-electron chi connectivity index (χ1n) is 37.1. The van der Waals surface area contributed by atoms with Gasteiger partial charge in [-0.05, 0) is 305 Å². The molecular weight excluding hydrogens is 1760 g/mol. The van der Waals surface area contributed by atoms with E-state index in [4.69, 9.17) is 38.5 Å². The third kappa shape index (κ3) is 28.2. The fourth-order valence-corrected chi connectivity index (χ4v) is 11.2. The van der Waals surface area contributed by atoms with Crippen LogP contribution in [0.25, 0.3) is 61.2 Å². The van der Waals surface area contributed by atoms with Crippen molar-refractivity contribution >= 4 is 126 Å². The van der Waals surface area contributed by atoms with Crippen molar-refractivity contribution in [1.82, 2.24) is 80.2 Å². The van der Waals surface area contributed by atoms with Crippen LogP contribution in [0.15, 0.2) is 170 Å². The number of nitrogens with one attached hydrogen (secondary N) is 5. The lowest BCUT2D eigenvalue weighted by Crippen LogP contribution is -2.41. The average molecular weight is 1860 g/mol. The van der Waals surface area contributed by atoms with Gasteiger partial charge in [-0.1, -0.05) is 0 Å². The van der Waals surface area contributed by atoms with Crippen LogP contribution in [0.3, 0.4) is 0 Å². The molecule has 0 aliphatic heterocycles. The highest BCUT2D eigenvalue weighted by Crippen LogP contribution is 2.25. The molecule has 8 heterocycles. The number of benzene rings is 3. The summed E-state index contributed by atoms with van der Waals surface area (Å²) in [6.45, 7) is 34.7. The van der Waals surface area contributed by atoms with E-state index in [1.54, 1.807) is 223 Å². The van der Waals surface area contributed by atoms with Crippen LogP contribution < -0.4 is 48.9 Å². The van der Waals surface area contributed by atoms with Gasteiger partial charge in [-0.3, -0.25) is 32.9 Å². The number of aromatic nitrogens is 11. The van der Waals surface area contributed by atoms with Crippen molar-refractivity contribution in [3.8, 4) is 23.1 Å². The predicted octanol–water partition coefficient (Wildman–Crippen LogP) is 14.3. The number of hydrogen-bond acceptors (Lipinski definition) is 25. The molecule has 0 saturated carbocycles. The van der Waals surface area contributed by atoms with Crippen LogP contribution in [0.4, 0.5) is 24.0 Å².